The van der Waals surface area contributed by atoms with Crippen LogP contribution in [0.1, 0.15) is 48.0 Å². The highest BCUT2D eigenvalue weighted by Gasteiger charge is 2.44. The Hall–Kier alpha value is -0.593. The second-order valence-electron chi connectivity index (χ2n) is 8.94. The molecule has 0 aliphatic carbocycles. The number of rotatable bonds is 4. The molecule has 0 bridgehead atoms. The van der Waals surface area contributed by atoms with E-state index in [2.05, 4.69) is 33.9 Å². The Balaban J connectivity index is 2.89. The minimum absolute atomic E-state index is 0.00584. The van der Waals surface area contributed by atoms with Gasteiger partial charge in [-0.3, -0.25) is 0 Å². The summed E-state index contributed by atoms with van der Waals surface area (Å²) in [5.74, 6) is 0.231. The topological polar surface area (TPSA) is 59.0 Å². The molecule has 1 aliphatic heterocycles. The van der Waals surface area contributed by atoms with Crippen molar-refractivity contribution >= 4 is 15.1 Å². The fraction of sp³-hybridized carbons (Fsp3) is 0.941. The predicted octanol–water partition coefficient (Wildman–Crippen LogP) is 3.02. The Morgan fingerprint density at radius 1 is 1.26 bits per heavy atom. The summed E-state index contributed by atoms with van der Waals surface area (Å²) >= 11 is 0. The number of carbonyl (C=O) groups excluding carboxylic acids is 1. The summed E-state index contributed by atoms with van der Waals surface area (Å²) in [6, 6.07) is -0.183. The molecule has 0 aromatic rings. The summed E-state index contributed by atoms with van der Waals surface area (Å²) in [7, 11) is -1.19. The number of ether oxygens (including phenoxy) is 1. The first-order valence-corrected chi connectivity index (χ1v) is 11.4. The Morgan fingerprint density at radius 3 is 2.22 bits per heavy atom. The quantitative estimate of drug-likeness (QED) is 0.796. The molecule has 23 heavy (non-hydrogen) atoms. The zero-order chi connectivity index (χ0) is 18.0. The van der Waals surface area contributed by atoms with E-state index in [1.807, 2.05) is 20.8 Å². The van der Waals surface area contributed by atoms with Crippen molar-refractivity contribution in [2.24, 2.45) is 11.3 Å². The lowest BCUT2D eigenvalue weighted by Crippen LogP contribution is -2.43. The highest BCUT2D eigenvalue weighted by molar-refractivity contribution is 6.48. The maximum atomic E-state index is 12.4. The molecule has 0 spiro atoms. The van der Waals surface area contributed by atoms with E-state index in [0.29, 0.717) is 6.54 Å². The summed E-state index contributed by atoms with van der Waals surface area (Å²) in [5.41, 5.74) is -0.522. The Labute approximate surface area is 143 Å². The molecule has 2 unspecified atom stereocenters. The average Bonchev–Trinajstić information content (AvgIpc) is 2.76. The smallest absolute Gasteiger partial charge is 0.410 e. The molecule has 1 rings (SSSR count). The molecule has 136 valence electrons. The van der Waals surface area contributed by atoms with E-state index in [-0.39, 0.29) is 36.2 Å². The highest BCUT2D eigenvalue weighted by atomic mass is 28.3. The van der Waals surface area contributed by atoms with Crippen LogP contribution in [0.5, 0.6) is 0 Å². The zero-order valence-corrected chi connectivity index (χ0v) is 17.2. The van der Waals surface area contributed by atoms with Gasteiger partial charge in [-0.2, -0.15) is 0 Å². The lowest BCUT2D eigenvalue weighted by Gasteiger charge is -2.37. The van der Waals surface area contributed by atoms with Crippen LogP contribution in [-0.2, 0) is 9.16 Å². The Kier molecular flexibility index (Phi) is 6.70. The number of aliphatic hydroxyl groups excluding tert-OH is 1. The maximum absolute atomic E-state index is 12.4. The van der Waals surface area contributed by atoms with E-state index < -0.39 is 14.6 Å². The predicted molar refractivity (Wildman–Crippen MR) is 95.1 cm³/mol. The molecule has 0 aromatic heterocycles. The molecule has 1 saturated heterocycles. The van der Waals surface area contributed by atoms with E-state index in [4.69, 9.17) is 9.16 Å². The minimum atomic E-state index is -1.19. The summed E-state index contributed by atoms with van der Waals surface area (Å²) < 4.78 is 11.8. The summed E-state index contributed by atoms with van der Waals surface area (Å²) in [5, 5.41) is 9.69. The van der Waals surface area contributed by atoms with Crippen LogP contribution in [0.25, 0.3) is 0 Å². The first kappa shape index (κ1) is 20.5. The van der Waals surface area contributed by atoms with Gasteiger partial charge in [-0.05, 0) is 45.7 Å². The fourth-order valence-electron chi connectivity index (χ4n) is 3.21. The number of aliphatic hydroxyl groups is 1. The van der Waals surface area contributed by atoms with Crippen molar-refractivity contribution in [3.05, 3.63) is 0 Å². The number of likely N-dealkylation sites (tertiary alicyclic amines) is 1. The first-order valence-electron chi connectivity index (χ1n) is 8.61. The molecule has 3 atom stereocenters. The van der Waals surface area contributed by atoms with Crippen molar-refractivity contribution < 1.29 is 19.1 Å². The molecule has 6 heteroatoms. The molecule has 1 heterocycles. The zero-order valence-electron chi connectivity index (χ0n) is 16.0. The number of hydrogen-bond donors (Lipinski definition) is 1. The summed E-state index contributed by atoms with van der Waals surface area (Å²) in [6.07, 6.45) is 0.517. The first-order chi connectivity index (χ1) is 10.3. The Bertz CT molecular complexity index is 400. The van der Waals surface area contributed by atoms with Crippen LogP contribution in [0.15, 0.2) is 0 Å². The molecule has 5 nitrogen and oxygen atoms in total. The largest absolute Gasteiger partial charge is 0.444 e. The van der Waals surface area contributed by atoms with Crippen LogP contribution in [-0.4, -0.2) is 56.0 Å². The second kappa shape index (κ2) is 7.53. The van der Waals surface area contributed by atoms with Gasteiger partial charge in [0.2, 0.25) is 0 Å². The van der Waals surface area contributed by atoms with Crippen LogP contribution in [0.4, 0.5) is 4.79 Å². The van der Waals surface area contributed by atoms with Crippen molar-refractivity contribution in [3.63, 3.8) is 0 Å². The molecule has 1 aliphatic rings. The monoisotopic (exact) mass is 345 g/mol. The van der Waals surface area contributed by atoms with Crippen LogP contribution in [0.2, 0.25) is 13.1 Å². The molecular weight excluding hydrogens is 310 g/mol. The number of carbonyl (C=O) groups is 1. The molecule has 0 aromatic carbocycles. The van der Waals surface area contributed by atoms with E-state index in [1.54, 1.807) is 4.90 Å². The van der Waals surface area contributed by atoms with Gasteiger partial charge < -0.3 is 19.2 Å². The fourth-order valence-corrected chi connectivity index (χ4v) is 4.42. The number of hydrogen-bond acceptors (Lipinski definition) is 4. The lowest BCUT2D eigenvalue weighted by atomic mass is 9.80. The van der Waals surface area contributed by atoms with Crippen LogP contribution in [0, 0.1) is 11.3 Å². The summed E-state index contributed by atoms with van der Waals surface area (Å²) in [6.45, 7) is 17.0. The Morgan fingerprint density at radius 2 is 1.83 bits per heavy atom. The highest BCUT2D eigenvalue weighted by Crippen LogP contribution is 2.37. The van der Waals surface area contributed by atoms with Gasteiger partial charge in [0.15, 0.2) is 9.04 Å². The second-order valence-corrected chi connectivity index (χ2v) is 11.3. The molecule has 1 amide bonds. The molecule has 0 radical (unpaired) electrons. The third-order valence-electron chi connectivity index (χ3n) is 3.99. The van der Waals surface area contributed by atoms with Gasteiger partial charge in [0.25, 0.3) is 0 Å². The van der Waals surface area contributed by atoms with Gasteiger partial charge in [-0.25, -0.2) is 4.79 Å². The molecule has 1 N–H and O–H groups in total. The van der Waals surface area contributed by atoms with E-state index in [1.165, 1.54) is 0 Å². The van der Waals surface area contributed by atoms with Gasteiger partial charge in [0.05, 0.1) is 18.8 Å². The lowest BCUT2D eigenvalue weighted by molar-refractivity contribution is 0.0128. The van der Waals surface area contributed by atoms with Gasteiger partial charge in [0.1, 0.15) is 5.60 Å². The van der Waals surface area contributed by atoms with E-state index in [0.717, 1.165) is 6.42 Å². The standard InChI is InChI=1S/C17H35NO4Si/c1-16(2,3)14(22-23(7)8)12-9-13(11-19)18(10-12)15(20)21-17(4,5)6/h12-14,19,23H,9-11H2,1-8H3/t12?,13-,14?/m0/s1. The van der Waals surface area contributed by atoms with Crippen LogP contribution in [0.3, 0.4) is 0 Å². The minimum Gasteiger partial charge on any atom is -0.444 e. The normalized spacial score (nSPS) is 24.2. The summed E-state index contributed by atoms with van der Waals surface area (Å²) in [4.78, 5) is 14.1. The average molecular weight is 346 g/mol. The van der Waals surface area contributed by atoms with Gasteiger partial charge in [-0.15, -0.1) is 0 Å². The van der Waals surface area contributed by atoms with E-state index in [9.17, 15) is 9.90 Å². The van der Waals surface area contributed by atoms with Gasteiger partial charge in [0, 0.05) is 12.5 Å². The maximum Gasteiger partial charge on any atom is 0.410 e. The number of amides is 1. The molecular formula is C17H35NO4Si. The van der Waals surface area contributed by atoms with Crippen molar-refractivity contribution in [3.8, 4) is 0 Å². The van der Waals surface area contributed by atoms with Crippen molar-refractivity contribution in [1.82, 2.24) is 4.90 Å². The van der Waals surface area contributed by atoms with Gasteiger partial charge >= 0.3 is 6.09 Å². The van der Waals surface area contributed by atoms with Crippen LogP contribution < -0.4 is 0 Å². The number of nitrogens with zero attached hydrogens (tertiary/aromatic N) is 1. The molecule has 0 saturated carbocycles. The SMILES string of the molecule is C[SiH](C)OC(C1C[C@@H](CO)N(C(=O)OC(C)(C)C)C1)C(C)(C)C. The van der Waals surface area contributed by atoms with Crippen molar-refractivity contribution in [1.29, 1.82) is 0 Å². The van der Waals surface area contributed by atoms with E-state index >= 15 is 0 Å². The van der Waals surface area contributed by atoms with Crippen molar-refractivity contribution in [2.75, 3.05) is 13.2 Å². The van der Waals surface area contributed by atoms with Crippen LogP contribution >= 0.6 is 0 Å². The van der Waals surface area contributed by atoms with Gasteiger partial charge in [-0.1, -0.05) is 20.8 Å². The third-order valence-corrected chi connectivity index (χ3v) is 4.82. The van der Waals surface area contributed by atoms with Crippen molar-refractivity contribution in [2.45, 2.75) is 78.8 Å². The molecule has 1 fully saturated rings. The third kappa shape index (κ3) is 6.08.